The van der Waals surface area contributed by atoms with Crippen LogP contribution in [0.3, 0.4) is 0 Å². The van der Waals surface area contributed by atoms with Gasteiger partial charge in [0.2, 0.25) is 5.91 Å². The van der Waals surface area contributed by atoms with E-state index in [1.54, 1.807) is 0 Å². The van der Waals surface area contributed by atoms with Gasteiger partial charge in [0.05, 0.1) is 31.3 Å². The molecule has 0 bridgehead atoms. The molecule has 0 heterocycles. The van der Waals surface area contributed by atoms with Crippen LogP contribution in [-0.4, -0.2) is 46.1 Å². The summed E-state index contributed by atoms with van der Waals surface area (Å²) in [4.78, 5) is 12.4. The Kier molecular flexibility index (Phi) is 43.5. The number of carbonyl (C=O) groups excluding carboxylic acids is 1. The Labute approximate surface area is 332 Å². The number of nitrogens with one attached hydrogen (secondary N) is 1. The standard InChI is InChI=1S/C48H97NO4/c1-3-5-7-9-11-13-15-16-17-18-19-20-21-22-23-24-25-26-27-28-29-30-31-32-33-35-37-39-41-45(51)43-48(53)49-46(44-50)47(52)42-40-38-36-34-14-12-10-8-6-4-2/h45-47,50-52H,3-44H2,1-2H3,(H,49,53). The Morgan fingerprint density at radius 2 is 0.642 bits per heavy atom. The van der Waals surface area contributed by atoms with Crippen LogP contribution in [0.5, 0.6) is 0 Å². The third-order valence-corrected chi connectivity index (χ3v) is 11.7. The summed E-state index contributed by atoms with van der Waals surface area (Å²) in [5, 5.41) is 33.3. The fraction of sp³-hybridized carbons (Fsp3) is 0.979. The first-order valence-corrected chi connectivity index (χ1v) is 24.3. The van der Waals surface area contributed by atoms with Crippen molar-refractivity contribution >= 4 is 5.91 Å². The number of unbranched alkanes of at least 4 members (excludes halogenated alkanes) is 36. The molecule has 0 aliphatic heterocycles. The smallest absolute Gasteiger partial charge is 0.222 e. The molecular formula is C48H97NO4. The second kappa shape index (κ2) is 44.1. The van der Waals surface area contributed by atoms with Crippen molar-refractivity contribution in [1.29, 1.82) is 0 Å². The van der Waals surface area contributed by atoms with Crippen molar-refractivity contribution < 1.29 is 20.1 Å². The van der Waals surface area contributed by atoms with Crippen LogP contribution in [0.2, 0.25) is 0 Å². The van der Waals surface area contributed by atoms with Gasteiger partial charge in [0.15, 0.2) is 0 Å². The molecule has 5 heteroatoms. The van der Waals surface area contributed by atoms with E-state index < -0.39 is 18.2 Å². The van der Waals surface area contributed by atoms with Crippen LogP contribution >= 0.6 is 0 Å². The van der Waals surface area contributed by atoms with Crippen LogP contribution in [0.15, 0.2) is 0 Å². The quantitative estimate of drug-likeness (QED) is 0.0466. The molecule has 53 heavy (non-hydrogen) atoms. The first kappa shape index (κ1) is 52.3. The number of carbonyl (C=O) groups is 1. The van der Waals surface area contributed by atoms with E-state index >= 15 is 0 Å². The summed E-state index contributed by atoms with van der Waals surface area (Å²) in [7, 11) is 0. The van der Waals surface area contributed by atoms with Crippen molar-refractivity contribution in [2.24, 2.45) is 0 Å². The maximum absolute atomic E-state index is 12.4. The van der Waals surface area contributed by atoms with Gasteiger partial charge in [-0.3, -0.25) is 4.79 Å². The van der Waals surface area contributed by atoms with Gasteiger partial charge >= 0.3 is 0 Å². The van der Waals surface area contributed by atoms with Gasteiger partial charge in [-0.15, -0.1) is 0 Å². The summed E-state index contributed by atoms with van der Waals surface area (Å²) in [5.41, 5.74) is 0. The summed E-state index contributed by atoms with van der Waals surface area (Å²) >= 11 is 0. The van der Waals surface area contributed by atoms with Crippen LogP contribution in [0.25, 0.3) is 0 Å². The van der Waals surface area contributed by atoms with Crippen molar-refractivity contribution in [1.82, 2.24) is 5.32 Å². The number of amides is 1. The molecule has 3 unspecified atom stereocenters. The van der Waals surface area contributed by atoms with E-state index in [9.17, 15) is 20.1 Å². The normalized spacial score (nSPS) is 13.4. The highest BCUT2D eigenvalue weighted by molar-refractivity contribution is 5.76. The van der Waals surface area contributed by atoms with Crippen LogP contribution in [0.1, 0.15) is 277 Å². The first-order chi connectivity index (χ1) is 26.0. The third kappa shape index (κ3) is 40.8. The molecule has 0 fully saturated rings. The molecule has 318 valence electrons. The maximum atomic E-state index is 12.4. The Balaban J connectivity index is 3.44. The van der Waals surface area contributed by atoms with Gasteiger partial charge in [0.1, 0.15) is 0 Å². The van der Waals surface area contributed by atoms with Gasteiger partial charge in [-0.1, -0.05) is 258 Å². The van der Waals surface area contributed by atoms with Crippen LogP contribution < -0.4 is 5.32 Å². The van der Waals surface area contributed by atoms with Gasteiger partial charge in [-0.05, 0) is 12.8 Å². The van der Waals surface area contributed by atoms with E-state index in [-0.39, 0.29) is 18.9 Å². The van der Waals surface area contributed by atoms with Crippen LogP contribution in [0, 0.1) is 0 Å². The molecule has 0 spiro atoms. The topological polar surface area (TPSA) is 89.8 Å². The first-order valence-electron chi connectivity index (χ1n) is 24.3. The second-order valence-corrected chi connectivity index (χ2v) is 17.1. The average Bonchev–Trinajstić information content (AvgIpc) is 3.15. The Morgan fingerprint density at radius 3 is 0.906 bits per heavy atom. The fourth-order valence-electron chi connectivity index (χ4n) is 7.94. The molecule has 0 saturated heterocycles. The molecule has 0 rings (SSSR count). The van der Waals surface area contributed by atoms with Gasteiger partial charge in [0.25, 0.3) is 0 Å². The lowest BCUT2D eigenvalue weighted by molar-refractivity contribution is -0.125. The average molecular weight is 752 g/mol. The number of hydrogen-bond donors (Lipinski definition) is 4. The second-order valence-electron chi connectivity index (χ2n) is 17.1. The number of aliphatic hydroxyl groups excluding tert-OH is 3. The van der Waals surface area contributed by atoms with E-state index in [1.807, 2.05) is 0 Å². The molecule has 0 radical (unpaired) electrons. The summed E-state index contributed by atoms with van der Waals surface area (Å²) < 4.78 is 0. The van der Waals surface area contributed by atoms with Crippen LogP contribution in [-0.2, 0) is 4.79 Å². The maximum Gasteiger partial charge on any atom is 0.222 e. The monoisotopic (exact) mass is 752 g/mol. The zero-order chi connectivity index (χ0) is 38.7. The minimum Gasteiger partial charge on any atom is -0.394 e. The molecule has 0 aliphatic rings. The van der Waals surface area contributed by atoms with Crippen molar-refractivity contribution in [2.45, 2.75) is 295 Å². The Bertz CT molecular complexity index is 703. The van der Waals surface area contributed by atoms with E-state index in [2.05, 4.69) is 19.2 Å². The lowest BCUT2D eigenvalue weighted by atomic mass is 10.0. The lowest BCUT2D eigenvalue weighted by Crippen LogP contribution is -2.46. The van der Waals surface area contributed by atoms with E-state index in [0.717, 1.165) is 25.7 Å². The Morgan fingerprint density at radius 1 is 0.396 bits per heavy atom. The van der Waals surface area contributed by atoms with Gasteiger partial charge in [-0.25, -0.2) is 0 Å². The zero-order valence-electron chi connectivity index (χ0n) is 36.2. The summed E-state index contributed by atoms with van der Waals surface area (Å²) in [6.07, 6.45) is 51.1. The SMILES string of the molecule is CCCCCCCCCCCCCCCCCCCCCCCCCCCCCCC(O)CC(=O)NC(CO)C(O)CCCCCCCCCCCC. The molecule has 4 N–H and O–H groups in total. The summed E-state index contributed by atoms with van der Waals surface area (Å²) in [5.74, 6) is -0.279. The molecule has 3 atom stereocenters. The minimum absolute atomic E-state index is 0.0426. The largest absolute Gasteiger partial charge is 0.394 e. The molecular weight excluding hydrogens is 655 g/mol. The van der Waals surface area contributed by atoms with Gasteiger partial charge in [0, 0.05) is 0 Å². The number of aliphatic hydroxyl groups is 3. The highest BCUT2D eigenvalue weighted by Crippen LogP contribution is 2.18. The molecule has 0 aliphatic carbocycles. The molecule has 0 aromatic carbocycles. The molecule has 5 nitrogen and oxygen atoms in total. The Hall–Kier alpha value is -0.650. The van der Waals surface area contributed by atoms with E-state index in [0.29, 0.717) is 12.8 Å². The van der Waals surface area contributed by atoms with Gasteiger partial charge < -0.3 is 20.6 Å². The zero-order valence-corrected chi connectivity index (χ0v) is 36.2. The van der Waals surface area contributed by atoms with E-state index in [4.69, 9.17) is 0 Å². The predicted molar refractivity (Wildman–Crippen MR) is 232 cm³/mol. The van der Waals surface area contributed by atoms with Crippen molar-refractivity contribution in [2.75, 3.05) is 6.61 Å². The highest BCUT2D eigenvalue weighted by Gasteiger charge is 2.21. The fourth-order valence-corrected chi connectivity index (χ4v) is 7.94. The van der Waals surface area contributed by atoms with Gasteiger partial charge in [-0.2, -0.15) is 0 Å². The van der Waals surface area contributed by atoms with Crippen molar-refractivity contribution in [3.63, 3.8) is 0 Å². The van der Waals surface area contributed by atoms with Crippen molar-refractivity contribution in [3.8, 4) is 0 Å². The molecule has 0 aromatic rings. The predicted octanol–water partition coefficient (Wildman–Crippen LogP) is 14.2. The molecule has 0 saturated carbocycles. The van der Waals surface area contributed by atoms with Crippen LogP contribution in [0.4, 0.5) is 0 Å². The highest BCUT2D eigenvalue weighted by atomic mass is 16.3. The molecule has 1 amide bonds. The summed E-state index contributed by atoms with van der Waals surface area (Å²) in [6, 6.07) is -0.651. The number of rotatable bonds is 45. The van der Waals surface area contributed by atoms with E-state index in [1.165, 1.54) is 218 Å². The minimum atomic E-state index is -0.742. The summed E-state index contributed by atoms with van der Waals surface area (Å²) in [6.45, 7) is 4.27. The number of hydrogen-bond acceptors (Lipinski definition) is 4. The molecule has 0 aromatic heterocycles. The van der Waals surface area contributed by atoms with Crippen molar-refractivity contribution in [3.05, 3.63) is 0 Å². The lowest BCUT2D eigenvalue weighted by Gasteiger charge is -2.23. The third-order valence-electron chi connectivity index (χ3n) is 11.7.